The zero-order valence-electron chi connectivity index (χ0n) is 12.9. The third-order valence-electron chi connectivity index (χ3n) is 2.92. The molecule has 0 aliphatic carbocycles. The zero-order chi connectivity index (χ0) is 16.9. The second-order valence-corrected chi connectivity index (χ2v) is 4.89. The summed E-state index contributed by atoms with van der Waals surface area (Å²) in [6, 6.07) is 7.12. The van der Waals surface area contributed by atoms with Gasteiger partial charge in [-0.15, -0.1) is 0 Å². The van der Waals surface area contributed by atoms with Crippen LogP contribution >= 0.6 is 0 Å². The molecule has 1 aromatic carbocycles. The van der Waals surface area contributed by atoms with Crippen LogP contribution in [0.4, 0.5) is 0 Å². The topological polar surface area (TPSA) is 108 Å². The first-order valence-corrected chi connectivity index (χ1v) is 7.49. The average molecular weight is 322 g/mol. The van der Waals surface area contributed by atoms with E-state index in [2.05, 4.69) is 10.5 Å². The molecule has 0 aliphatic heterocycles. The van der Waals surface area contributed by atoms with Crippen LogP contribution in [0.5, 0.6) is 5.75 Å². The molecular weight excluding hydrogens is 300 g/mol. The summed E-state index contributed by atoms with van der Waals surface area (Å²) in [7, 11) is 0. The minimum atomic E-state index is -0.816. The summed E-state index contributed by atoms with van der Waals surface area (Å²) >= 11 is 0. The number of hydrogen-bond acceptors (Lipinski definition) is 5. The fourth-order valence-corrected chi connectivity index (χ4v) is 1.82. The summed E-state index contributed by atoms with van der Waals surface area (Å²) in [5, 5.41) is 21.1. The van der Waals surface area contributed by atoms with Crippen molar-refractivity contribution in [2.24, 2.45) is 5.10 Å². The third-order valence-corrected chi connectivity index (χ3v) is 2.92. The molecule has 0 aromatic heterocycles. The number of carbonyl (C=O) groups is 2. The van der Waals surface area contributed by atoms with Gasteiger partial charge in [0, 0.05) is 12.8 Å². The Morgan fingerprint density at radius 1 is 1.22 bits per heavy atom. The van der Waals surface area contributed by atoms with Crippen molar-refractivity contribution in [3.8, 4) is 5.75 Å². The number of carboxylic acid groups (broad SMARTS) is 1. The van der Waals surface area contributed by atoms with Gasteiger partial charge in [0.2, 0.25) is 5.91 Å². The number of amides is 1. The first-order valence-electron chi connectivity index (χ1n) is 7.49. The van der Waals surface area contributed by atoms with Crippen LogP contribution in [0.25, 0.3) is 0 Å². The summed E-state index contributed by atoms with van der Waals surface area (Å²) in [6.07, 6.45) is 3.87. The number of hydrazone groups is 1. The van der Waals surface area contributed by atoms with Crippen molar-refractivity contribution in [3.05, 3.63) is 29.8 Å². The second-order valence-electron chi connectivity index (χ2n) is 4.89. The lowest BCUT2D eigenvalue weighted by molar-refractivity contribution is -0.137. The maximum atomic E-state index is 11.5. The number of aliphatic hydroxyl groups excluding tert-OH is 1. The molecule has 7 nitrogen and oxygen atoms in total. The van der Waals surface area contributed by atoms with Crippen molar-refractivity contribution in [1.29, 1.82) is 0 Å². The number of nitrogens with zero attached hydrogens (tertiary/aromatic N) is 1. The molecule has 1 aromatic rings. The lowest BCUT2D eigenvalue weighted by Gasteiger charge is -2.04. The molecule has 1 rings (SSSR count). The van der Waals surface area contributed by atoms with E-state index in [9.17, 15) is 9.59 Å². The van der Waals surface area contributed by atoms with Crippen molar-refractivity contribution in [1.82, 2.24) is 5.43 Å². The minimum absolute atomic E-state index is 0.0547. The normalized spacial score (nSPS) is 10.7. The molecule has 0 heterocycles. The molecule has 0 unspecified atom stereocenters. The van der Waals surface area contributed by atoms with Crippen molar-refractivity contribution in [2.45, 2.75) is 32.1 Å². The summed E-state index contributed by atoms with van der Waals surface area (Å²) in [5.41, 5.74) is 3.19. The predicted octanol–water partition coefficient (Wildman–Crippen LogP) is 1.54. The van der Waals surface area contributed by atoms with E-state index < -0.39 is 5.97 Å². The Balaban J connectivity index is 2.26. The molecule has 7 heteroatoms. The molecule has 1 amide bonds. The number of carboxylic acids is 1. The molecule has 126 valence electrons. The first-order chi connectivity index (χ1) is 11.1. The van der Waals surface area contributed by atoms with Gasteiger partial charge >= 0.3 is 5.97 Å². The summed E-state index contributed by atoms with van der Waals surface area (Å²) in [6.45, 7) is 0.167. The van der Waals surface area contributed by atoms with Gasteiger partial charge in [0.15, 0.2) is 0 Å². The Morgan fingerprint density at radius 3 is 2.74 bits per heavy atom. The van der Waals surface area contributed by atoms with Crippen LogP contribution in [-0.2, 0) is 9.59 Å². The highest BCUT2D eigenvalue weighted by Gasteiger charge is 2.01. The van der Waals surface area contributed by atoms with Gasteiger partial charge < -0.3 is 14.9 Å². The Bertz CT molecular complexity index is 531. The maximum Gasteiger partial charge on any atom is 0.303 e. The maximum absolute atomic E-state index is 11.5. The molecule has 0 saturated carbocycles. The second kappa shape index (κ2) is 11.2. The largest absolute Gasteiger partial charge is 0.491 e. The van der Waals surface area contributed by atoms with E-state index >= 15 is 0 Å². The SMILES string of the molecule is O=C(O)CCCCCC(=O)N/N=C/c1cccc(OCCO)c1. The van der Waals surface area contributed by atoms with Gasteiger partial charge in [-0.1, -0.05) is 18.6 Å². The molecule has 0 saturated heterocycles. The van der Waals surface area contributed by atoms with E-state index in [0.29, 0.717) is 31.4 Å². The first kappa shape index (κ1) is 18.6. The standard InChI is InChI=1S/C16H22N2O5/c19-9-10-23-14-6-4-5-13(11-14)12-17-18-15(20)7-2-1-3-8-16(21)22/h4-6,11-12,19H,1-3,7-10H2,(H,18,20)(H,21,22)/b17-12+. The molecule has 0 bridgehead atoms. The van der Waals surface area contributed by atoms with E-state index in [1.165, 1.54) is 6.21 Å². The van der Waals surface area contributed by atoms with Gasteiger partial charge in [-0.3, -0.25) is 9.59 Å². The number of carbonyl (C=O) groups excluding carboxylic acids is 1. The van der Waals surface area contributed by atoms with Crippen LogP contribution in [0.2, 0.25) is 0 Å². The van der Waals surface area contributed by atoms with Crippen molar-refractivity contribution in [3.63, 3.8) is 0 Å². The molecular formula is C16H22N2O5. The number of aliphatic hydroxyl groups is 1. The molecule has 3 N–H and O–H groups in total. The zero-order valence-corrected chi connectivity index (χ0v) is 12.9. The highest BCUT2D eigenvalue weighted by atomic mass is 16.5. The smallest absolute Gasteiger partial charge is 0.303 e. The van der Waals surface area contributed by atoms with E-state index in [1.807, 2.05) is 6.07 Å². The number of unbranched alkanes of at least 4 members (excludes halogenated alkanes) is 2. The average Bonchev–Trinajstić information content (AvgIpc) is 2.52. The predicted molar refractivity (Wildman–Crippen MR) is 85.5 cm³/mol. The molecule has 0 atom stereocenters. The molecule has 0 aliphatic rings. The monoisotopic (exact) mass is 322 g/mol. The van der Waals surface area contributed by atoms with Crippen LogP contribution < -0.4 is 10.2 Å². The highest BCUT2D eigenvalue weighted by Crippen LogP contribution is 2.11. The highest BCUT2D eigenvalue weighted by molar-refractivity contribution is 5.82. The van der Waals surface area contributed by atoms with Crippen molar-refractivity contribution in [2.75, 3.05) is 13.2 Å². The minimum Gasteiger partial charge on any atom is -0.491 e. The van der Waals surface area contributed by atoms with Gasteiger partial charge in [0.05, 0.1) is 12.8 Å². The quantitative estimate of drug-likeness (QED) is 0.325. The van der Waals surface area contributed by atoms with Crippen molar-refractivity contribution >= 4 is 18.1 Å². The fourth-order valence-electron chi connectivity index (χ4n) is 1.82. The Labute approximate surface area is 135 Å². The van der Waals surface area contributed by atoms with Crippen LogP contribution in [0, 0.1) is 0 Å². The number of nitrogens with one attached hydrogen (secondary N) is 1. The molecule has 23 heavy (non-hydrogen) atoms. The van der Waals surface area contributed by atoms with Gasteiger partial charge in [-0.05, 0) is 30.5 Å². The van der Waals surface area contributed by atoms with Crippen molar-refractivity contribution < 1.29 is 24.5 Å². The summed E-state index contributed by atoms with van der Waals surface area (Å²) in [4.78, 5) is 21.9. The van der Waals surface area contributed by atoms with Crippen LogP contribution in [0.15, 0.2) is 29.4 Å². The molecule has 0 fully saturated rings. The number of ether oxygens (including phenoxy) is 1. The van der Waals surface area contributed by atoms with E-state index in [-0.39, 0.29) is 25.5 Å². The number of hydrogen-bond donors (Lipinski definition) is 3. The third kappa shape index (κ3) is 9.26. The van der Waals surface area contributed by atoms with Gasteiger partial charge in [-0.25, -0.2) is 5.43 Å². The van der Waals surface area contributed by atoms with Crippen LogP contribution in [0.3, 0.4) is 0 Å². The van der Waals surface area contributed by atoms with Gasteiger partial charge in [0.25, 0.3) is 0 Å². The molecule has 0 radical (unpaired) electrons. The lowest BCUT2D eigenvalue weighted by atomic mass is 10.1. The number of rotatable bonds is 11. The number of benzene rings is 1. The van der Waals surface area contributed by atoms with E-state index in [1.54, 1.807) is 18.2 Å². The van der Waals surface area contributed by atoms with E-state index in [4.69, 9.17) is 14.9 Å². The van der Waals surface area contributed by atoms with Gasteiger partial charge in [-0.2, -0.15) is 5.10 Å². The lowest BCUT2D eigenvalue weighted by Crippen LogP contribution is -2.16. The van der Waals surface area contributed by atoms with Crippen LogP contribution in [-0.4, -0.2) is 41.5 Å². The summed E-state index contributed by atoms with van der Waals surface area (Å²) in [5.74, 6) is -0.402. The Morgan fingerprint density at radius 2 is 2.00 bits per heavy atom. The Kier molecular flexibility index (Phi) is 9.07. The number of aliphatic carboxylic acids is 1. The fraction of sp³-hybridized carbons (Fsp3) is 0.438. The summed E-state index contributed by atoms with van der Waals surface area (Å²) < 4.78 is 5.28. The Hall–Kier alpha value is -2.41. The van der Waals surface area contributed by atoms with Crippen LogP contribution in [0.1, 0.15) is 37.7 Å². The van der Waals surface area contributed by atoms with Gasteiger partial charge in [0.1, 0.15) is 12.4 Å². The van der Waals surface area contributed by atoms with E-state index in [0.717, 1.165) is 5.56 Å². The molecule has 0 spiro atoms.